The van der Waals surface area contributed by atoms with E-state index >= 15 is 0 Å². The molecule has 0 N–H and O–H groups in total. The quantitative estimate of drug-likeness (QED) is 0.189. The molecule has 6 aromatic carbocycles. The number of fused-ring (bicyclic) bond motifs is 5. The van der Waals surface area contributed by atoms with Crippen molar-refractivity contribution in [2.45, 2.75) is 0 Å². The fourth-order valence-corrected chi connectivity index (χ4v) is 6.92. The number of para-hydroxylation sites is 4. The molecule has 3 heterocycles. The minimum atomic E-state index is 1.02. The highest BCUT2D eigenvalue weighted by Crippen LogP contribution is 2.42. The number of aromatic nitrogens is 3. The summed E-state index contributed by atoms with van der Waals surface area (Å²) >= 11 is 0. The van der Waals surface area contributed by atoms with Gasteiger partial charge in [0.05, 0.1) is 22.9 Å². The van der Waals surface area contributed by atoms with E-state index in [-0.39, 0.29) is 0 Å². The van der Waals surface area contributed by atoms with Crippen LogP contribution in [0.2, 0.25) is 0 Å². The molecule has 0 fully saturated rings. The predicted octanol–water partition coefficient (Wildman–Crippen LogP) is 11.3. The van der Waals surface area contributed by atoms with Crippen molar-refractivity contribution in [2.75, 3.05) is 4.90 Å². The minimum Gasteiger partial charge on any atom is -0.309 e. The monoisotopic (exact) mass is 602 g/mol. The second-order valence-corrected chi connectivity index (χ2v) is 11.7. The van der Waals surface area contributed by atoms with E-state index in [0.717, 1.165) is 28.4 Å². The number of benzene rings is 6. The first-order valence-corrected chi connectivity index (χ1v) is 15.9. The Morgan fingerprint density at radius 3 is 1.64 bits per heavy atom. The van der Waals surface area contributed by atoms with Crippen LogP contribution in [-0.4, -0.2) is 14.1 Å². The molecule has 0 radical (unpaired) electrons. The standard InChI is InChI=1S/C43H30N4/c1-4-13-33(14-5-1)45(37-19-12-28-44-30-37)36-25-22-31(23-26-36)32-24-27-41-39(29-32)42-38-20-10-11-21-40(38)46(34-15-6-2-7-16-34)43(42)47(41)35-17-8-3-9-18-35/h1-30H. The lowest BCUT2D eigenvalue weighted by atomic mass is 10.0. The topological polar surface area (TPSA) is 26.0 Å². The number of rotatable bonds is 6. The molecule has 47 heavy (non-hydrogen) atoms. The molecular formula is C43H30N4. The Labute approximate surface area is 273 Å². The van der Waals surface area contributed by atoms with Crippen LogP contribution in [0.1, 0.15) is 0 Å². The van der Waals surface area contributed by atoms with Crippen molar-refractivity contribution in [3.05, 3.63) is 182 Å². The number of pyridine rings is 1. The van der Waals surface area contributed by atoms with Gasteiger partial charge in [-0.05, 0) is 90.0 Å². The summed E-state index contributed by atoms with van der Waals surface area (Å²) < 4.78 is 4.82. The molecule has 0 amide bonds. The van der Waals surface area contributed by atoms with Crippen LogP contribution in [0.4, 0.5) is 17.1 Å². The van der Waals surface area contributed by atoms with Crippen molar-refractivity contribution in [1.82, 2.24) is 14.1 Å². The zero-order chi connectivity index (χ0) is 31.2. The fraction of sp³-hybridized carbons (Fsp3) is 0. The van der Waals surface area contributed by atoms with Crippen LogP contribution in [0.5, 0.6) is 0 Å². The molecule has 0 aliphatic rings. The first kappa shape index (κ1) is 27.0. The molecule has 4 nitrogen and oxygen atoms in total. The van der Waals surface area contributed by atoms with Gasteiger partial charge in [0.15, 0.2) is 0 Å². The molecule has 0 bridgehead atoms. The number of nitrogens with zero attached hydrogens (tertiary/aromatic N) is 4. The zero-order valence-corrected chi connectivity index (χ0v) is 25.6. The molecule has 4 heteroatoms. The van der Waals surface area contributed by atoms with Gasteiger partial charge < -0.3 is 4.90 Å². The van der Waals surface area contributed by atoms with E-state index in [1.54, 1.807) is 0 Å². The first-order valence-electron chi connectivity index (χ1n) is 15.9. The van der Waals surface area contributed by atoms with Gasteiger partial charge in [-0.15, -0.1) is 0 Å². The third-order valence-corrected chi connectivity index (χ3v) is 8.97. The van der Waals surface area contributed by atoms with E-state index in [0.29, 0.717) is 0 Å². The first-order chi connectivity index (χ1) is 23.3. The second-order valence-electron chi connectivity index (χ2n) is 11.7. The van der Waals surface area contributed by atoms with Crippen LogP contribution >= 0.6 is 0 Å². The van der Waals surface area contributed by atoms with E-state index in [9.17, 15) is 0 Å². The lowest BCUT2D eigenvalue weighted by Gasteiger charge is -2.25. The van der Waals surface area contributed by atoms with Crippen molar-refractivity contribution < 1.29 is 0 Å². The second kappa shape index (κ2) is 11.2. The Hall–Kier alpha value is -6.39. The minimum absolute atomic E-state index is 1.02. The summed E-state index contributed by atoms with van der Waals surface area (Å²) in [7, 11) is 0. The number of anilines is 3. The van der Waals surface area contributed by atoms with Crippen LogP contribution < -0.4 is 4.90 Å². The average Bonchev–Trinajstić information content (AvgIpc) is 3.66. The van der Waals surface area contributed by atoms with Crippen molar-refractivity contribution in [2.24, 2.45) is 0 Å². The van der Waals surface area contributed by atoms with E-state index in [1.807, 2.05) is 24.5 Å². The molecule has 0 saturated heterocycles. The molecule has 222 valence electrons. The van der Waals surface area contributed by atoms with Crippen molar-refractivity contribution in [3.63, 3.8) is 0 Å². The smallest absolute Gasteiger partial charge is 0.131 e. The highest BCUT2D eigenvalue weighted by Gasteiger charge is 2.22. The van der Waals surface area contributed by atoms with Crippen LogP contribution in [0.15, 0.2) is 182 Å². The van der Waals surface area contributed by atoms with Gasteiger partial charge in [-0.25, -0.2) is 0 Å². The van der Waals surface area contributed by atoms with Gasteiger partial charge in [0.25, 0.3) is 0 Å². The molecular weight excluding hydrogens is 573 g/mol. The van der Waals surface area contributed by atoms with Gasteiger partial charge in [0.1, 0.15) is 5.65 Å². The van der Waals surface area contributed by atoms with Crippen LogP contribution in [-0.2, 0) is 0 Å². The largest absolute Gasteiger partial charge is 0.309 e. The Bertz CT molecular complexity index is 2440. The highest BCUT2D eigenvalue weighted by atomic mass is 15.2. The molecule has 3 aromatic heterocycles. The van der Waals surface area contributed by atoms with Crippen LogP contribution in [0.25, 0.3) is 55.3 Å². The SMILES string of the molecule is c1ccc(N(c2ccc(-c3ccc4c(c3)c3c5ccccc5n(-c5ccccc5)c3n4-c3ccccc3)cc2)c2cccnc2)cc1. The molecule has 9 aromatic rings. The van der Waals surface area contributed by atoms with E-state index in [2.05, 4.69) is 177 Å². The van der Waals surface area contributed by atoms with Gasteiger partial charge in [0.2, 0.25) is 0 Å². The Morgan fingerprint density at radius 1 is 0.426 bits per heavy atom. The lowest BCUT2D eigenvalue weighted by Crippen LogP contribution is -2.09. The fourth-order valence-electron chi connectivity index (χ4n) is 6.92. The normalized spacial score (nSPS) is 11.4. The lowest BCUT2D eigenvalue weighted by molar-refractivity contribution is 1.07. The summed E-state index contributed by atoms with van der Waals surface area (Å²) in [5.74, 6) is 0. The summed E-state index contributed by atoms with van der Waals surface area (Å²) in [6, 6.07) is 60.4. The summed E-state index contributed by atoms with van der Waals surface area (Å²) in [6.45, 7) is 0. The number of hydrogen-bond donors (Lipinski definition) is 0. The maximum atomic E-state index is 4.40. The molecule has 0 atom stereocenters. The average molecular weight is 603 g/mol. The Morgan fingerprint density at radius 2 is 0.979 bits per heavy atom. The zero-order valence-electron chi connectivity index (χ0n) is 25.6. The maximum absolute atomic E-state index is 4.40. The summed E-state index contributed by atoms with van der Waals surface area (Å²) in [5.41, 5.74) is 11.4. The van der Waals surface area contributed by atoms with E-state index < -0.39 is 0 Å². The summed E-state index contributed by atoms with van der Waals surface area (Å²) in [6.07, 6.45) is 3.72. The molecule has 0 aliphatic carbocycles. The molecule has 0 spiro atoms. The van der Waals surface area contributed by atoms with Crippen LogP contribution in [0, 0.1) is 0 Å². The maximum Gasteiger partial charge on any atom is 0.131 e. The van der Waals surface area contributed by atoms with Gasteiger partial charge in [-0.1, -0.05) is 91.0 Å². The molecule has 0 saturated carbocycles. The van der Waals surface area contributed by atoms with Gasteiger partial charge >= 0.3 is 0 Å². The molecule has 0 unspecified atom stereocenters. The molecule has 9 rings (SSSR count). The van der Waals surface area contributed by atoms with Crippen molar-refractivity contribution in [3.8, 4) is 22.5 Å². The Balaban J connectivity index is 1.25. The van der Waals surface area contributed by atoms with E-state index in [1.165, 1.54) is 44.0 Å². The number of hydrogen-bond acceptors (Lipinski definition) is 2. The predicted molar refractivity (Wildman–Crippen MR) is 196 cm³/mol. The van der Waals surface area contributed by atoms with Crippen LogP contribution in [0.3, 0.4) is 0 Å². The van der Waals surface area contributed by atoms with Gasteiger partial charge in [-0.3, -0.25) is 14.1 Å². The third-order valence-electron chi connectivity index (χ3n) is 8.97. The van der Waals surface area contributed by atoms with Crippen molar-refractivity contribution >= 4 is 49.9 Å². The summed E-state index contributed by atoms with van der Waals surface area (Å²) in [4.78, 5) is 6.63. The summed E-state index contributed by atoms with van der Waals surface area (Å²) in [5, 5.41) is 3.74. The third kappa shape index (κ3) is 4.50. The van der Waals surface area contributed by atoms with Gasteiger partial charge in [-0.2, -0.15) is 0 Å². The highest BCUT2D eigenvalue weighted by molar-refractivity contribution is 6.23. The Kier molecular flexibility index (Phi) is 6.43. The molecule has 0 aliphatic heterocycles. The van der Waals surface area contributed by atoms with Crippen molar-refractivity contribution in [1.29, 1.82) is 0 Å². The van der Waals surface area contributed by atoms with E-state index in [4.69, 9.17) is 0 Å². The van der Waals surface area contributed by atoms with Gasteiger partial charge in [0, 0.05) is 45.1 Å².